The molecule has 5 nitrogen and oxygen atoms in total. The van der Waals surface area contributed by atoms with E-state index in [4.69, 9.17) is 5.11 Å². The molecule has 0 spiro atoms. The third-order valence-electron chi connectivity index (χ3n) is 2.95. The van der Waals surface area contributed by atoms with E-state index in [0.29, 0.717) is 0 Å². The number of likely N-dealkylation sites (N-methyl/N-ethyl adjacent to an activating group) is 1. The molecule has 1 rings (SSSR count). The molecule has 0 bridgehead atoms. The fraction of sp³-hybridized carbons (Fsp3) is 0.636. The van der Waals surface area contributed by atoms with Crippen LogP contribution in [-0.4, -0.2) is 60.0 Å². The minimum Gasteiger partial charge on any atom is -0.478 e. The SMILES string of the molecule is CN1CCC(N(C)C(=O)C=CC(=O)O)CC1. The molecule has 0 radical (unpaired) electrons. The van der Waals surface area contributed by atoms with E-state index < -0.39 is 5.97 Å². The molecule has 1 N–H and O–H groups in total. The molecule has 1 fully saturated rings. The summed E-state index contributed by atoms with van der Waals surface area (Å²) in [6.45, 7) is 1.95. The lowest BCUT2D eigenvalue weighted by atomic mass is 10.0. The third-order valence-corrected chi connectivity index (χ3v) is 2.95. The first-order chi connectivity index (χ1) is 7.50. The Bertz CT molecular complexity index is 294. The van der Waals surface area contributed by atoms with Gasteiger partial charge in [0.1, 0.15) is 0 Å². The average molecular weight is 226 g/mol. The zero-order valence-corrected chi connectivity index (χ0v) is 9.72. The average Bonchev–Trinajstić information content (AvgIpc) is 2.26. The van der Waals surface area contributed by atoms with Gasteiger partial charge in [-0.1, -0.05) is 0 Å². The van der Waals surface area contributed by atoms with Crippen LogP contribution >= 0.6 is 0 Å². The summed E-state index contributed by atoms with van der Waals surface area (Å²) in [5.74, 6) is -1.33. The zero-order chi connectivity index (χ0) is 12.1. The molecule has 0 aromatic carbocycles. The van der Waals surface area contributed by atoms with Gasteiger partial charge in [0.05, 0.1) is 0 Å². The van der Waals surface area contributed by atoms with Crippen molar-refractivity contribution in [2.45, 2.75) is 18.9 Å². The van der Waals surface area contributed by atoms with Crippen LogP contribution in [0.25, 0.3) is 0 Å². The quantitative estimate of drug-likeness (QED) is 0.697. The Kier molecular flexibility index (Phi) is 4.49. The van der Waals surface area contributed by atoms with Crippen molar-refractivity contribution in [2.24, 2.45) is 0 Å². The Labute approximate surface area is 95.3 Å². The lowest BCUT2D eigenvalue weighted by Gasteiger charge is -2.34. The van der Waals surface area contributed by atoms with Crippen LogP contribution in [0.15, 0.2) is 12.2 Å². The highest BCUT2D eigenvalue weighted by Gasteiger charge is 2.22. The molecule has 0 saturated carbocycles. The van der Waals surface area contributed by atoms with Gasteiger partial charge >= 0.3 is 5.97 Å². The minimum absolute atomic E-state index is 0.224. The second kappa shape index (κ2) is 5.65. The van der Waals surface area contributed by atoms with Crippen molar-refractivity contribution in [3.8, 4) is 0 Å². The molecule has 0 unspecified atom stereocenters. The first-order valence-corrected chi connectivity index (χ1v) is 5.37. The molecule has 0 atom stereocenters. The Morgan fingerprint density at radius 3 is 2.38 bits per heavy atom. The number of hydrogen-bond donors (Lipinski definition) is 1. The van der Waals surface area contributed by atoms with Gasteiger partial charge in [-0.15, -0.1) is 0 Å². The van der Waals surface area contributed by atoms with Crippen molar-refractivity contribution >= 4 is 11.9 Å². The van der Waals surface area contributed by atoms with E-state index in [2.05, 4.69) is 11.9 Å². The number of piperidine rings is 1. The monoisotopic (exact) mass is 226 g/mol. The van der Waals surface area contributed by atoms with Crippen molar-refractivity contribution < 1.29 is 14.7 Å². The lowest BCUT2D eigenvalue weighted by molar-refractivity contribution is -0.132. The summed E-state index contributed by atoms with van der Waals surface area (Å²) < 4.78 is 0. The molecule has 0 aromatic rings. The molecule has 1 heterocycles. The second-order valence-electron chi connectivity index (χ2n) is 4.16. The Balaban J connectivity index is 2.47. The third kappa shape index (κ3) is 3.66. The van der Waals surface area contributed by atoms with E-state index in [1.165, 1.54) is 0 Å². The van der Waals surface area contributed by atoms with Crippen LogP contribution in [0.3, 0.4) is 0 Å². The van der Waals surface area contributed by atoms with Crippen LogP contribution < -0.4 is 0 Å². The molecule has 1 amide bonds. The molecule has 16 heavy (non-hydrogen) atoms. The molecule has 1 aliphatic heterocycles. The molecule has 5 heteroatoms. The smallest absolute Gasteiger partial charge is 0.328 e. The number of carboxylic acids is 1. The number of likely N-dealkylation sites (tertiary alicyclic amines) is 1. The van der Waals surface area contributed by atoms with Crippen molar-refractivity contribution in [3.05, 3.63) is 12.2 Å². The lowest BCUT2D eigenvalue weighted by Crippen LogP contribution is -2.44. The van der Waals surface area contributed by atoms with Gasteiger partial charge in [-0.3, -0.25) is 4.79 Å². The van der Waals surface area contributed by atoms with Crippen molar-refractivity contribution in [2.75, 3.05) is 27.2 Å². The number of hydrogen-bond acceptors (Lipinski definition) is 3. The van der Waals surface area contributed by atoms with Gasteiger partial charge < -0.3 is 14.9 Å². The highest BCUT2D eigenvalue weighted by Crippen LogP contribution is 2.14. The van der Waals surface area contributed by atoms with E-state index >= 15 is 0 Å². The van der Waals surface area contributed by atoms with Crippen LogP contribution in [0.4, 0.5) is 0 Å². The summed E-state index contributed by atoms with van der Waals surface area (Å²) in [5.41, 5.74) is 0. The van der Waals surface area contributed by atoms with Gasteiger partial charge in [0.25, 0.3) is 0 Å². The summed E-state index contributed by atoms with van der Waals surface area (Å²) in [4.78, 5) is 25.7. The molecule has 0 aromatic heterocycles. The van der Waals surface area contributed by atoms with Crippen molar-refractivity contribution in [1.82, 2.24) is 9.80 Å². The zero-order valence-electron chi connectivity index (χ0n) is 9.72. The molecule has 1 aliphatic rings. The number of carbonyl (C=O) groups excluding carboxylic acids is 1. The number of aliphatic carboxylic acids is 1. The van der Waals surface area contributed by atoms with Crippen LogP contribution in [0.5, 0.6) is 0 Å². The fourth-order valence-electron chi connectivity index (χ4n) is 1.82. The summed E-state index contributed by atoms with van der Waals surface area (Å²) in [5, 5.41) is 8.42. The van der Waals surface area contributed by atoms with Gasteiger partial charge in [-0.25, -0.2) is 4.79 Å². The van der Waals surface area contributed by atoms with E-state index in [-0.39, 0.29) is 11.9 Å². The van der Waals surface area contributed by atoms with Crippen molar-refractivity contribution in [3.63, 3.8) is 0 Å². The van der Waals surface area contributed by atoms with E-state index in [1.807, 2.05) is 0 Å². The first kappa shape index (κ1) is 12.7. The number of carboxylic acid groups (broad SMARTS) is 1. The normalized spacial score (nSPS) is 18.9. The molecule has 1 saturated heterocycles. The number of nitrogens with zero attached hydrogens (tertiary/aromatic N) is 2. The Morgan fingerprint density at radius 2 is 1.88 bits per heavy atom. The van der Waals surface area contributed by atoms with Gasteiger partial charge in [-0.05, 0) is 33.0 Å². The molecule has 0 aliphatic carbocycles. The number of carbonyl (C=O) groups is 2. The standard InChI is InChI=1S/C11H18N2O3/c1-12-7-5-9(6-8-12)13(2)10(14)3-4-11(15)16/h3-4,9H,5-8H2,1-2H3,(H,15,16). The summed E-state index contributed by atoms with van der Waals surface area (Å²) >= 11 is 0. The Morgan fingerprint density at radius 1 is 1.31 bits per heavy atom. The summed E-state index contributed by atoms with van der Waals surface area (Å²) in [6, 6.07) is 0.224. The minimum atomic E-state index is -1.09. The highest BCUT2D eigenvalue weighted by atomic mass is 16.4. The van der Waals surface area contributed by atoms with E-state index in [9.17, 15) is 9.59 Å². The van der Waals surface area contributed by atoms with E-state index in [1.54, 1.807) is 11.9 Å². The van der Waals surface area contributed by atoms with Gasteiger partial charge in [0.2, 0.25) is 5.91 Å². The fourth-order valence-corrected chi connectivity index (χ4v) is 1.82. The van der Waals surface area contributed by atoms with Crippen LogP contribution in [0.2, 0.25) is 0 Å². The largest absolute Gasteiger partial charge is 0.478 e. The molecular formula is C11H18N2O3. The maximum atomic E-state index is 11.6. The number of amides is 1. The predicted molar refractivity (Wildman–Crippen MR) is 60.1 cm³/mol. The first-order valence-electron chi connectivity index (χ1n) is 5.37. The maximum Gasteiger partial charge on any atom is 0.328 e. The maximum absolute atomic E-state index is 11.6. The van der Waals surface area contributed by atoms with Gasteiger partial charge in [0.15, 0.2) is 0 Å². The highest BCUT2D eigenvalue weighted by molar-refractivity contribution is 5.93. The van der Waals surface area contributed by atoms with Crippen molar-refractivity contribution in [1.29, 1.82) is 0 Å². The summed E-state index contributed by atoms with van der Waals surface area (Å²) in [7, 11) is 3.78. The molecular weight excluding hydrogens is 208 g/mol. The van der Waals surface area contributed by atoms with E-state index in [0.717, 1.165) is 38.1 Å². The van der Waals surface area contributed by atoms with Crippen LogP contribution in [0.1, 0.15) is 12.8 Å². The van der Waals surface area contributed by atoms with Crippen LogP contribution in [-0.2, 0) is 9.59 Å². The second-order valence-corrected chi connectivity index (χ2v) is 4.16. The van der Waals surface area contributed by atoms with Crippen LogP contribution in [0, 0.1) is 0 Å². The predicted octanol–water partition coefficient (Wildman–Crippen LogP) is 0.180. The number of rotatable bonds is 3. The Hall–Kier alpha value is -1.36. The van der Waals surface area contributed by atoms with Gasteiger partial charge in [-0.2, -0.15) is 0 Å². The topological polar surface area (TPSA) is 60.9 Å². The molecule has 90 valence electrons. The summed E-state index contributed by atoms with van der Waals surface area (Å²) in [6.07, 6.45) is 3.88. The van der Waals surface area contributed by atoms with Gasteiger partial charge in [0, 0.05) is 25.2 Å².